The van der Waals surface area contributed by atoms with Crippen molar-refractivity contribution in [2.75, 3.05) is 13.2 Å². The SMILES string of the molecule is CCOC(=O)c1c([C@@H]2O[C@H](CO)C(O)C2O)nnn1Cc1ccccc1. The van der Waals surface area contributed by atoms with E-state index in [1.165, 1.54) is 4.68 Å². The Morgan fingerprint density at radius 1 is 1.27 bits per heavy atom. The van der Waals surface area contributed by atoms with Gasteiger partial charge in [0.2, 0.25) is 0 Å². The molecule has 1 aromatic carbocycles. The van der Waals surface area contributed by atoms with E-state index in [-0.39, 0.29) is 24.5 Å². The van der Waals surface area contributed by atoms with Gasteiger partial charge in [0.05, 0.1) is 19.8 Å². The lowest BCUT2D eigenvalue weighted by Gasteiger charge is -2.14. The molecule has 1 aromatic heterocycles. The monoisotopic (exact) mass is 363 g/mol. The van der Waals surface area contributed by atoms with Gasteiger partial charge in [-0.15, -0.1) is 5.10 Å². The minimum Gasteiger partial charge on any atom is -0.461 e. The summed E-state index contributed by atoms with van der Waals surface area (Å²) in [6, 6.07) is 9.36. The third-order valence-corrected chi connectivity index (χ3v) is 4.22. The van der Waals surface area contributed by atoms with Crippen molar-refractivity contribution < 1.29 is 29.6 Å². The Bertz CT molecular complexity index is 750. The van der Waals surface area contributed by atoms with Crippen molar-refractivity contribution in [3.8, 4) is 0 Å². The normalized spacial score (nSPS) is 25.4. The van der Waals surface area contributed by atoms with Gasteiger partial charge in [-0.2, -0.15) is 0 Å². The Labute approximate surface area is 149 Å². The highest BCUT2D eigenvalue weighted by molar-refractivity contribution is 5.88. The number of esters is 1. The van der Waals surface area contributed by atoms with Crippen LogP contribution in [0.4, 0.5) is 0 Å². The number of hydrogen-bond acceptors (Lipinski definition) is 8. The molecule has 1 saturated heterocycles. The minimum absolute atomic E-state index is 0.0468. The van der Waals surface area contributed by atoms with Crippen LogP contribution in [0.1, 0.15) is 34.8 Å². The second-order valence-corrected chi connectivity index (χ2v) is 5.95. The molecule has 26 heavy (non-hydrogen) atoms. The molecule has 0 amide bonds. The maximum atomic E-state index is 12.5. The van der Waals surface area contributed by atoms with Crippen molar-refractivity contribution in [1.82, 2.24) is 15.0 Å². The first-order valence-corrected chi connectivity index (χ1v) is 8.33. The van der Waals surface area contributed by atoms with Crippen LogP contribution in [0, 0.1) is 0 Å². The van der Waals surface area contributed by atoms with E-state index in [2.05, 4.69) is 10.3 Å². The molecular formula is C17H21N3O6. The summed E-state index contributed by atoms with van der Waals surface area (Å²) >= 11 is 0. The quantitative estimate of drug-likeness (QED) is 0.595. The second kappa shape index (κ2) is 7.92. The molecule has 140 valence electrons. The van der Waals surface area contributed by atoms with Crippen LogP contribution >= 0.6 is 0 Å². The number of nitrogens with zero attached hydrogens (tertiary/aromatic N) is 3. The number of carbonyl (C=O) groups excluding carboxylic acids is 1. The van der Waals surface area contributed by atoms with Gasteiger partial charge >= 0.3 is 5.97 Å². The number of aliphatic hydroxyl groups excluding tert-OH is 3. The summed E-state index contributed by atoms with van der Waals surface area (Å²) in [4.78, 5) is 12.5. The van der Waals surface area contributed by atoms with Gasteiger partial charge in [0.15, 0.2) is 5.69 Å². The van der Waals surface area contributed by atoms with Crippen LogP contribution in [-0.4, -0.2) is 67.8 Å². The first-order valence-electron chi connectivity index (χ1n) is 8.33. The summed E-state index contributed by atoms with van der Waals surface area (Å²) in [6.07, 6.45) is -4.70. The minimum atomic E-state index is -1.35. The van der Waals surface area contributed by atoms with E-state index in [9.17, 15) is 20.1 Å². The van der Waals surface area contributed by atoms with Crippen LogP contribution in [0.25, 0.3) is 0 Å². The zero-order valence-corrected chi connectivity index (χ0v) is 14.2. The second-order valence-electron chi connectivity index (χ2n) is 5.95. The van der Waals surface area contributed by atoms with E-state index in [1.807, 2.05) is 30.3 Å². The fourth-order valence-corrected chi connectivity index (χ4v) is 2.92. The highest BCUT2D eigenvalue weighted by Gasteiger charge is 2.46. The molecule has 0 aliphatic carbocycles. The highest BCUT2D eigenvalue weighted by Crippen LogP contribution is 2.34. The van der Waals surface area contributed by atoms with Crippen LogP contribution in [0.5, 0.6) is 0 Å². The lowest BCUT2D eigenvalue weighted by atomic mass is 10.0. The number of ether oxygens (including phenoxy) is 2. The number of carbonyl (C=O) groups is 1. The van der Waals surface area contributed by atoms with Gasteiger partial charge in [-0.3, -0.25) is 0 Å². The number of aliphatic hydroxyl groups is 3. The third-order valence-electron chi connectivity index (χ3n) is 4.22. The van der Waals surface area contributed by atoms with E-state index in [0.717, 1.165) is 5.56 Å². The van der Waals surface area contributed by atoms with E-state index < -0.39 is 37.0 Å². The predicted molar refractivity (Wildman–Crippen MR) is 88.2 cm³/mol. The van der Waals surface area contributed by atoms with Crippen molar-refractivity contribution in [1.29, 1.82) is 0 Å². The van der Waals surface area contributed by atoms with Gasteiger partial charge in [0, 0.05) is 0 Å². The molecule has 0 spiro atoms. The molecule has 2 unspecified atom stereocenters. The molecular weight excluding hydrogens is 342 g/mol. The Hall–Kier alpha value is -2.33. The van der Waals surface area contributed by atoms with Crippen molar-refractivity contribution in [2.24, 2.45) is 0 Å². The van der Waals surface area contributed by atoms with Gasteiger partial charge in [-0.05, 0) is 12.5 Å². The summed E-state index contributed by atoms with van der Waals surface area (Å²) in [5.41, 5.74) is 1.02. The average Bonchev–Trinajstić information content (AvgIpc) is 3.18. The summed E-state index contributed by atoms with van der Waals surface area (Å²) in [6.45, 7) is 1.64. The Kier molecular flexibility index (Phi) is 5.62. The van der Waals surface area contributed by atoms with Gasteiger partial charge < -0.3 is 24.8 Å². The number of aromatic nitrogens is 3. The van der Waals surface area contributed by atoms with Crippen molar-refractivity contribution >= 4 is 5.97 Å². The Morgan fingerprint density at radius 2 is 2.00 bits per heavy atom. The first kappa shape index (κ1) is 18.5. The largest absolute Gasteiger partial charge is 0.461 e. The maximum Gasteiger partial charge on any atom is 0.358 e. The lowest BCUT2D eigenvalue weighted by molar-refractivity contribution is -0.0243. The van der Waals surface area contributed by atoms with E-state index in [1.54, 1.807) is 6.92 Å². The van der Waals surface area contributed by atoms with Crippen molar-refractivity contribution in [2.45, 2.75) is 37.9 Å². The predicted octanol–water partition coefficient (Wildman–Crippen LogP) is -0.343. The van der Waals surface area contributed by atoms with Gasteiger partial charge in [0.25, 0.3) is 0 Å². The van der Waals surface area contributed by atoms with Crippen LogP contribution in [0.2, 0.25) is 0 Å². The first-order chi connectivity index (χ1) is 12.6. The summed E-state index contributed by atoms with van der Waals surface area (Å²) in [5.74, 6) is -0.652. The summed E-state index contributed by atoms with van der Waals surface area (Å²) in [7, 11) is 0. The Morgan fingerprint density at radius 3 is 2.62 bits per heavy atom. The van der Waals surface area contributed by atoms with E-state index >= 15 is 0 Å². The standard InChI is InChI=1S/C17H21N3O6/c1-2-25-17(24)13-12(16-15(23)14(22)11(9-21)26-16)18-19-20(13)8-10-6-4-3-5-7-10/h3-7,11,14-16,21-23H,2,8-9H2,1H3/t11-,14?,15?,16+/m1/s1. The molecule has 3 N–H and O–H groups in total. The topological polar surface area (TPSA) is 127 Å². The zero-order chi connectivity index (χ0) is 18.7. The molecule has 9 nitrogen and oxygen atoms in total. The zero-order valence-electron chi connectivity index (χ0n) is 14.2. The van der Waals surface area contributed by atoms with E-state index in [0.29, 0.717) is 0 Å². The van der Waals surface area contributed by atoms with Gasteiger partial charge in [-0.25, -0.2) is 9.48 Å². The average molecular weight is 363 g/mol. The highest BCUT2D eigenvalue weighted by atomic mass is 16.6. The number of benzene rings is 1. The molecule has 2 heterocycles. The molecule has 1 aliphatic rings. The van der Waals surface area contributed by atoms with Gasteiger partial charge in [0.1, 0.15) is 30.1 Å². The fourth-order valence-electron chi connectivity index (χ4n) is 2.92. The van der Waals surface area contributed by atoms with Gasteiger partial charge in [-0.1, -0.05) is 35.5 Å². The van der Waals surface area contributed by atoms with Crippen LogP contribution in [-0.2, 0) is 16.0 Å². The Balaban J connectivity index is 1.96. The summed E-state index contributed by atoms with van der Waals surface area (Å²) in [5, 5.41) is 37.4. The third kappa shape index (κ3) is 3.47. The molecule has 1 aliphatic heterocycles. The molecule has 9 heteroatoms. The smallest absolute Gasteiger partial charge is 0.358 e. The molecule has 1 fully saturated rings. The molecule has 0 saturated carbocycles. The molecule has 3 rings (SSSR count). The number of hydrogen-bond donors (Lipinski definition) is 3. The van der Waals surface area contributed by atoms with Crippen molar-refractivity contribution in [3.05, 3.63) is 47.3 Å². The van der Waals surface area contributed by atoms with Crippen molar-refractivity contribution in [3.63, 3.8) is 0 Å². The molecule has 4 atom stereocenters. The van der Waals surface area contributed by atoms with Crippen LogP contribution < -0.4 is 0 Å². The summed E-state index contributed by atoms with van der Waals surface area (Å²) < 4.78 is 11.9. The van der Waals surface area contributed by atoms with Crippen LogP contribution in [0.3, 0.4) is 0 Å². The number of rotatable bonds is 6. The molecule has 0 bridgehead atoms. The lowest BCUT2D eigenvalue weighted by Crippen LogP contribution is -2.32. The molecule has 2 aromatic rings. The van der Waals surface area contributed by atoms with E-state index in [4.69, 9.17) is 9.47 Å². The maximum absolute atomic E-state index is 12.5. The van der Waals surface area contributed by atoms with Crippen LogP contribution in [0.15, 0.2) is 30.3 Å². The fraction of sp³-hybridized carbons (Fsp3) is 0.471. The molecule has 0 radical (unpaired) electrons.